The van der Waals surface area contributed by atoms with Crippen LogP contribution in [0.2, 0.25) is 0 Å². The van der Waals surface area contributed by atoms with Gasteiger partial charge >= 0.3 is 6.18 Å². The lowest BCUT2D eigenvalue weighted by atomic mass is 9.88. The summed E-state index contributed by atoms with van der Waals surface area (Å²) in [5.74, 6) is -1.53. The van der Waals surface area contributed by atoms with E-state index in [1.54, 1.807) is 12.1 Å². The highest BCUT2D eigenvalue weighted by Crippen LogP contribution is 2.34. The molecule has 2 amide bonds. The van der Waals surface area contributed by atoms with Crippen molar-refractivity contribution in [1.82, 2.24) is 9.88 Å². The Kier molecular flexibility index (Phi) is 7.59. The molecule has 0 aliphatic carbocycles. The van der Waals surface area contributed by atoms with Gasteiger partial charge in [0.1, 0.15) is 6.10 Å². The molecule has 0 saturated carbocycles. The van der Waals surface area contributed by atoms with Crippen LogP contribution < -0.4 is 11.1 Å². The number of aromatic nitrogens is 1. The van der Waals surface area contributed by atoms with Crippen molar-refractivity contribution in [3.8, 4) is 0 Å². The number of carbonyl (C=O) groups is 2. The van der Waals surface area contributed by atoms with E-state index in [0.717, 1.165) is 17.3 Å². The molecule has 1 fully saturated rings. The largest absolute Gasteiger partial charge is 0.393 e. The zero-order valence-corrected chi connectivity index (χ0v) is 21.0. The number of primary amides is 1. The number of pyridine rings is 1. The molecule has 2 aromatic rings. The number of hydrogen-bond donors (Lipinski definition) is 2. The molecule has 1 unspecified atom stereocenters. The first-order valence-electron chi connectivity index (χ1n) is 12.1. The summed E-state index contributed by atoms with van der Waals surface area (Å²) >= 11 is 0. The Morgan fingerprint density at radius 3 is 2.68 bits per heavy atom. The molecule has 3 N–H and O–H groups in total. The van der Waals surface area contributed by atoms with Crippen molar-refractivity contribution in [1.29, 1.82) is 0 Å². The van der Waals surface area contributed by atoms with Crippen molar-refractivity contribution in [2.24, 2.45) is 5.73 Å². The van der Waals surface area contributed by atoms with Crippen LogP contribution in [-0.2, 0) is 27.2 Å². The van der Waals surface area contributed by atoms with Gasteiger partial charge in [-0.2, -0.15) is 13.2 Å². The number of amides is 2. The van der Waals surface area contributed by atoms with E-state index in [0.29, 0.717) is 25.3 Å². The van der Waals surface area contributed by atoms with Crippen LogP contribution in [0.5, 0.6) is 0 Å². The maximum Gasteiger partial charge on any atom is 0.393 e. The third-order valence-electron chi connectivity index (χ3n) is 6.61. The van der Waals surface area contributed by atoms with E-state index in [1.807, 2.05) is 19.9 Å². The average molecular weight is 521 g/mol. The molecule has 0 spiro atoms. The van der Waals surface area contributed by atoms with E-state index in [4.69, 9.17) is 15.2 Å². The van der Waals surface area contributed by atoms with E-state index in [1.165, 1.54) is 12.3 Å². The second-order valence-corrected chi connectivity index (χ2v) is 10.2. The molecule has 8 nitrogen and oxygen atoms in total. The molecule has 2 aliphatic rings. The first-order chi connectivity index (χ1) is 17.3. The monoisotopic (exact) mass is 520 g/mol. The molecule has 3 heterocycles. The highest BCUT2D eigenvalue weighted by Gasteiger charge is 2.41. The summed E-state index contributed by atoms with van der Waals surface area (Å²) in [5, 5.41) is 2.64. The lowest BCUT2D eigenvalue weighted by Crippen LogP contribution is -2.49. The highest BCUT2D eigenvalue weighted by molar-refractivity contribution is 6.04. The second kappa shape index (κ2) is 10.4. The summed E-state index contributed by atoms with van der Waals surface area (Å²) in [6, 6.07) is 6.34. The third kappa shape index (κ3) is 6.85. The average Bonchev–Trinajstić information content (AvgIpc) is 3.15. The van der Waals surface area contributed by atoms with Crippen LogP contribution in [0.25, 0.3) is 0 Å². The van der Waals surface area contributed by atoms with Crippen LogP contribution in [0, 0.1) is 0 Å². The lowest BCUT2D eigenvalue weighted by Gasteiger charge is -2.40. The summed E-state index contributed by atoms with van der Waals surface area (Å²) in [4.78, 5) is 30.8. The number of nitrogens with one attached hydrogen (secondary N) is 1. The number of fused-ring (bicyclic) bond motifs is 1. The minimum Gasteiger partial charge on any atom is -0.370 e. The number of benzene rings is 1. The molecule has 0 bridgehead atoms. The van der Waals surface area contributed by atoms with Gasteiger partial charge in [-0.1, -0.05) is 13.0 Å². The molecular weight excluding hydrogens is 489 g/mol. The number of carbonyl (C=O) groups excluding carboxylic acids is 2. The van der Waals surface area contributed by atoms with Crippen LogP contribution in [0.15, 0.2) is 36.7 Å². The first kappa shape index (κ1) is 27.0. The van der Waals surface area contributed by atoms with Gasteiger partial charge in [-0.15, -0.1) is 0 Å². The Hall–Kier alpha value is -3.02. The van der Waals surface area contributed by atoms with Crippen molar-refractivity contribution < 1.29 is 32.2 Å². The number of nitrogens with two attached hydrogens (primary N) is 1. The van der Waals surface area contributed by atoms with Crippen molar-refractivity contribution in [2.75, 3.05) is 18.5 Å². The van der Waals surface area contributed by atoms with Gasteiger partial charge in [0, 0.05) is 37.3 Å². The zero-order valence-electron chi connectivity index (χ0n) is 21.0. The van der Waals surface area contributed by atoms with Gasteiger partial charge < -0.3 is 20.5 Å². The van der Waals surface area contributed by atoms with Gasteiger partial charge in [0.15, 0.2) is 5.79 Å². The summed E-state index contributed by atoms with van der Waals surface area (Å²) in [5.41, 5.74) is 8.08. The molecule has 37 heavy (non-hydrogen) atoms. The van der Waals surface area contributed by atoms with Gasteiger partial charge in [-0.3, -0.25) is 19.5 Å². The van der Waals surface area contributed by atoms with Gasteiger partial charge in [0.2, 0.25) is 5.91 Å². The van der Waals surface area contributed by atoms with Crippen molar-refractivity contribution in [3.63, 3.8) is 0 Å². The minimum atomic E-state index is -4.37. The number of ether oxygens (including phenoxy) is 2. The molecule has 11 heteroatoms. The number of hydrogen-bond acceptors (Lipinski definition) is 6. The molecule has 0 radical (unpaired) electrons. The Morgan fingerprint density at radius 2 is 2.03 bits per heavy atom. The van der Waals surface area contributed by atoms with Crippen LogP contribution in [-0.4, -0.2) is 59.0 Å². The molecule has 4 rings (SSSR count). The summed E-state index contributed by atoms with van der Waals surface area (Å²) in [7, 11) is 0. The Labute approximate surface area is 213 Å². The SMILES string of the molecule is C[C@H]1CN(C(CC(N)=O)[C@@H]2COC(C)(C)O2)Cc2cc(C(=O)Nc3cncc(CC(F)(F)F)c3)ccc21. The van der Waals surface area contributed by atoms with Gasteiger partial charge in [-0.05, 0) is 54.7 Å². The minimum absolute atomic E-state index is 0.0398. The highest BCUT2D eigenvalue weighted by atomic mass is 19.4. The molecule has 1 aromatic carbocycles. The number of anilines is 1. The van der Waals surface area contributed by atoms with Crippen LogP contribution >= 0.6 is 0 Å². The van der Waals surface area contributed by atoms with Gasteiger partial charge in [0.05, 0.1) is 24.9 Å². The van der Waals surface area contributed by atoms with Crippen molar-refractivity contribution in [3.05, 3.63) is 58.9 Å². The van der Waals surface area contributed by atoms with E-state index in [2.05, 4.69) is 22.1 Å². The van der Waals surface area contributed by atoms with E-state index in [-0.39, 0.29) is 35.7 Å². The number of halogens is 3. The van der Waals surface area contributed by atoms with Crippen LogP contribution in [0.1, 0.15) is 60.2 Å². The second-order valence-electron chi connectivity index (χ2n) is 10.2. The van der Waals surface area contributed by atoms with Crippen LogP contribution in [0.4, 0.5) is 18.9 Å². The lowest BCUT2D eigenvalue weighted by molar-refractivity contribution is -0.149. The van der Waals surface area contributed by atoms with Gasteiger partial charge in [-0.25, -0.2) is 0 Å². The molecule has 200 valence electrons. The predicted octanol–water partition coefficient (Wildman–Crippen LogP) is 3.75. The topological polar surface area (TPSA) is 107 Å². The van der Waals surface area contributed by atoms with Crippen molar-refractivity contribution >= 4 is 17.5 Å². The number of alkyl halides is 3. The first-order valence-corrected chi connectivity index (χ1v) is 12.1. The maximum atomic E-state index is 12.9. The molecule has 2 aliphatic heterocycles. The van der Waals surface area contributed by atoms with Crippen LogP contribution in [0.3, 0.4) is 0 Å². The Balaban J connectivity index is 1.52. The van der Waals surface area contributed by atoms with E-state index < -0.39 is 30.2 Å². The molecule has 3 atom stereocenters. The fraction of sp³-hybridized carbons (Fsp3) is 0.500. The van der Waals surface area contributed by atoms with Crippen molar-refractivity contribution in [2.45, 2.75) is 70.2 Å². The fourth-order valence-corrected chi connectivity index (χ4v) is 5.04. The zero-order chi connectivity index (χ0) is 27.0. The van der Waals surface area contributed by atoms with Gasteiger partial charge in [0.25, 0.3) is 5.91 Å². The molecule has 1 aromatic heterocycles. The predicted molar refractivity (Wildman–Crippen MR) is 130 cm³/mol. The quantitative estimate of drug-likeness (QED) is 0.576. The number of nitrogens with zero attached hydrogens (tertiary/aromatic N) is 2. The van der Waals surface area contributed by atoms with E-state index >= 15 is 0 Å². The normalized spacial score (nSPS) is 22.3. The summed E-state index contributed by atoms with van der Waals surface area (Å²) < 4.78 is 50.0. The third-order valence-corrected chi connectivity index (χ3v) is 6.61. The Morgan fingerprint density at radius 1 is 1.27 bits per heavy atom. The van der Waals surface area contributed by atoms with E-state index in [9.17, 15) is 22.8 Å². The fourth-order valence-electron chi connectivity index (χ4n) is 5.04. The smallest absolute Gasteiger partial charge is 0.370 e. The molecular formula is C26H31F3N4O4. The maximum absolute atomic E-state index is 12.9. The molecule has 1 saturated heterocycles. The number of rotatable bonds is 7. The summed E-state index contributed by atoms with van der Waals surface area (Å²) in [6.07, 6.45) is -3.30. The Bertz CT molecular complexity index is 1170. The summed E-state index contributed by atoms with van der Waals surface area (Å²) in [6.45, 7) is 7.20. The standard InChI is InChI=1S/C26H31F3N4O4/c1-15-12-33(21(8-23(30)34)22-14-36-25(2,3)37-22)13-18-7-17(4-5-20(15)18)24(35)32-19-6-16(10-31-11-19)9-26(27,28)29/h4-7,10-11,15,21-22H,8-9,12-14H2,1-3H3,(H2,30,34)(H,32,35)/t15-,21?,22-/m0/s1.